The van der Waals surface area contributed by atoms with Gasteiger partial charge in [-0.25, -0.2) is 4.98 Å². The van der Waals surface area contributed by atoms with Gasteiger partial charge in [-0.15, -0.1) is 0 Å². The minimum Gasteiger partial charge on any atom is -0.338 e. The fourth-order valence-electron chi connectivity index (χ4n) is 4.76. The fourth-order valence-corrected chi connectivity index (χ4v) is 4.76. The molecule has 3 amide bonds. The van der Waals surface area contributed by atoms with Crippen LogP contribution >= 0.6 is 0 Å². The van der Waals surface area contributed by atoms with Crippen LogP contribution in [0.1, 0.15) is 40.3 Å². The third kappa shape index (κ3) is 3.80. The van der Waals surface area contributed by atoms with Crippen molar-refractivity contribution < 1.29 is 14.4 Å². The van der Waals surface area contributed by atoms with Crippen LogP contribution < -0.4 is 0 Å². The molecule has 2 aliphatic heterocycles. The van der Waals surface area contributed by atoms with Gasteiger partial charge in [0, 0.05) is 45.1 Å². The first-order chi connectivity index (χ1) is 15.9. The highest BCUT2D eigenvalue weighted by molar-refractivity contribution is 6.22. The van der Waals surface area contributed by atoms with Crippen LogP contribution in [-0.2, 0) is 11.3 Å². The van der Waals surface area contributed by atoms with Crippen LogP contribution in [0.2, 0.25) is 0 Å². The van der Waals surface area contributed by atoms with Gasteiger partial charge >= 0.3 is 0 Å². The number of hydrogen-bond acceptors (Lipinski definition) is 5. The van der Waals surface area contributed by atoms with E-state index in [0.717, 1.165) is 17.9 Å². The molecule has 8 heteroatoms. The molecule has 8 nitrogen and oxygen atoms in total. The molecule has 1 unspecified atom stereocenters. The Morgan fingerprint density at radius 1 is 0.939 bits per heavy atom. The fraction of sp³-hybridized carbons (Fsp3) is 0.360. The van der Waals surface area contributed by atoms with Crippen molar-refractivity contribution in [3.05, 3.63) is 71.7 Å². The van der Waals surface area contributed by atoms with Crippen LogP contribution in [0.4, 0.5) is 0 Å². The molecule has 4 heterocycles. The second-order valence-electron chi connectivity index (χ2n) is 9.01. The van der Waals surface area contributed by atoms with Crippen LogP contribution in [0.25, 0.3) is 5.65 Å². The van der Waals surface area contributed by atoms with Gasteiger partial charge in [-0.3, -0.25) is 24.2 Å². The van der Waals surface area contributed by atoms with Crippen LogP contribution in [0, 0.1) is 5.92 Å². The maximum atomic E-state index is 13.5. The number of carbonyl (C=O) groups excluding carboxylic acids is 3. The number of piperazine rings is 1. The predicted octanol–water partition coefficient (Wildman–Crippen LogP) is 2.30. The molecular formula is C25H27N5O3. The Morgan fingerprint density at radius 2 is 1.58 bits per heavy atom. The van der Waals surface area contributed by atoms with Crippen molar-refractivity contribution in [2.45, 2.75) is 26.4 Å². The number of benzene rings is 1. The number of rotatable bonds is 5. The standard InChI is InChI=1S/C25H27N5O3/c1-17(2)22(30-23(31)19-7-3-4-8-20(19)24(30)32)25(33)28-13-11-27(12-14-28)15-18-16-29-10-6-5-9-21(29)26-18/h3-10,16-17,22H,11-15H2,1-2H3. The Kier molecular flexibility index (Phi) is 5.46. The first-order valence-electron chi connectivity index (χ1n) is 11.3. The Labute approximate surface area is 192 Å². The van der Waals surface area contributed by atoms with E-state index < -0.39 is 6.04 Å². The molecule has 1 atom stereocenters. The van der Waals surface area contributed by atoms with E-state index in [1.165, 1.54) is 4.90 Å². The van der Waals surface area contributed by atoms with E-state index in [1.54, 1.807) is 29.2 Å². The normalized spacial score (nSPS) is 17.8. The third-order valence-electron chi connectivity index (χ3n) is 6.47. The number of fused-ring (bicyclic) bond motifs is 2. The summed E-state index contributed by atoms with van der Waals surface area (Å²) < 4.78 is 2.00. The lowest BCUT2D eigenvalue weighted by atomic mass is 10.0. The van der Waals surface area contributed by atoms with Crippen LogP contribution in [0.15, 0.2) is 54.9 Å². The van der Waals surface area contributed by atoms with Crippen molar-refractivity contribution in [1.82, 2.24) is 24.1 Å². The van der Waals surface area contributed by atoms with Gasteiger partial charge in [0.15, 0.2) is 0 Å². The van der Waals surface area contributed by atoms with Gasteiger partial charge in [0.1, 0.15) is 11.7 Å². The lowest BCUT2D eigenvalue weighted by molar-refractivity contribution is -0.138. The quantitative estimate of drug-likeness (QED) is 0.563. The minimum atomic E-state index is -0.803. The van der Waals surface area contributed by atoms with E-state index >= 15 is 0 Å². The van der Waals surface area contributed by atoms with Gasteiger partial charge in [0.25, 0.3) is 11.8 Å². The highest BCUT2D eigenvalue weighted by Gasteiger charge is 2.45. The van der Waals surface area contributed by atoms with Crippen molar-refractivity contribution in [3.8, 4) is 0 Å². The summed E-state index contributed by atoms with van der Waals surface area (Å²) in [6, 6.07) is 11.9. The molecule has 1 saturated heterocycles. The molecular weight excluding hydrogens is 418 g/mol. The molecule has 170 valence electrons. The average Bonchev–Trinajstić information content (AvgIpc) is 3.33. The van der Waals surface area contributed by atoms with Crippen molar-refractivity contribution in [3.63, 3.8) is 0 Å². The number of amides is 3. The molecule has 0 saturated carbocycles. The van der Waals surface area contributed by atoms with Crippen LogP contribution in [0.3, 0.4) is 0 Å². The lowest BCUT2D eigenvalue weighted by Crippen LogP contribution is -2.57. The summed E-state index contributed by atoms with van der Waals surface area (Å²) in [6.07, 6.45) is 4.01. The Hall–Kier alpha value is -3.52. The van der Waals surface area contributed by atoms with Crippen LogP contribution in [0.5, 0.6) is 0 Å². The summed E-state index contributed by atoms with van der Waals surface area (Å²) in [6.45, 7) is 7.02. The maximum absolute atomic E-state index is 13.5. The van der Waals surface area contributed by atoms with E-state index in [9.17, 15) is 14.4 Å². The van der Waals surface area contributed by atoms with Crippen molar-refractivity contribution >= 4 is 23.4 Å². The van der Waals surface area contributed by atoms with E-state index in [1.807, 2.05) is 48.8 Å². The molecule has 0 radical (unpaired) electrons. The predicted molar refractivity (Wildman–Crippen MR) is 123 cm³/mol. The molecule has 0 bridgehead atoms. The summed E-state index contributed by atoms with van der Waals surface area (Å²) in [7, 11) is 0. The molecule has 2 aromatic heterocycles. The molecule has 1 fully saturated rings. The first kappa shape index (κ1) is 21.3. The number of carbonyl (C=O) groups is 3. The largest absolute Gasteiger partial charge is 0.338 e. The third-order valence-corrected chi connectivity index (χ3v) is 6.47. The van der Waals surface area contributed by atoms with E-state index in [0.29, 0.717) is 37.3 Å². The lowest BCUT2D eigenvalue weighted by Gasteiger charge is -2.38. The summed E-state index contributed by atoms with van der Waals surface area (Å²) in [5, 5.41) is 0. The number of aromatic nitrogens is 2. The van der Waals surface area contributed by atoms with Crippen molar-refractivity contribution in [2.24, 2.45) is 5.92 Å². The second kappa shape index (κ2) is 8.44. The SMILES string of the molecule is CC(C)C(C(=O)N1CCN(Cc2cn3ccccc3n2)CC1)N1C(=O)c2ccccc2C1=O. The van der Waals surface area contributed by atoms with E-state index in [4.69, 9.17) is 0 Å². The molecule has 33 heavy (non-hydrogen) atoms. The van der Waals surface area contributed by atoms with Gasteiger partial charge in [-0.05, 0) is 30.2 Å². The highest BCUT2D eigenvalue weighted by atomic mass is 16.2. The zero-order chi connectivity index (χ0) is 23.1. The summed E-state index contributed by atoms with van der Waals surface area (Å²) in [4.78, 5) is 49.4. The van der Waals surface area contributed by atoms with E-state index in [2.05, 4.69) is 9.88 Å². The Balaban J connectivity index is 1.26. The number of nitrogens with zero attached hydrogens (tertiary/aromatic N) is 5. The van der Waals surface area contributed by atoms with E-state index in [-0.39, 0.29) is 23.6 Å². The summed E-state index contributed by atoms with van der Waals surface area (Å²) in [5.41, 5.74) is 2.66. The topological polar surface area (TPSA) is 78.2 Å². The molecule has 1 aromatic carbocycles. The molecule has 0 spiro atoms. The number of imide groups is 1. The van der Waals surface area contributed by atoms with Crippen molar-refractivity contribution in [2.75, 3.05) is 26.2 Å². The van der Waals surface area contributed by atoms with Gasteiger partial charge < -0.3 is 9.30 Å². The number of imidazole rings is 1. The average molecular weight is 446 g/mol. The van der Waals surface area contributed by atoms with Crippen molar-refractivity contribution in [1.29, 1.82) is 0 Å². The minimum absolute atomic E-state index is 0.160. The Morgan fingerprint density at radius 3 is 2.18 bits per heavy atom. The maximum Gasteiger partial charge on any atom is 0.262 e. The number of hydrogen-bond donors (Lipinski definition) is 0. The molecule has 3 aromatic rings. The monoisotopic (exact) mass is 445 g/mol. The number of pyridine rings is 1. The highest BCUT2D eigenvalue weighted by Crippen LogP contribution is 2.28. The first-order valence-corrected chi connectivity index (χ1v) is 11.3. The molecule has 2 aliphatic rings. The van der Waals surface area contributed by atoms with Gasteiger partial charge in [-0.2, -0.15) is 0 Å². The smallest absolute Gasteiger partial charge is 0.262 e. The van der Waals surface area contributed by atoms with Gasteiger partial charge in [0.2, 0.25) is 5.91 Å². The van der Waals surface area contributed by atoms with Gasteiger partial charge in [-0.1, -0.05) is 32.0 Å². The van der Waals surface area contributed by atoms with Gasteiger partial charge in [0.05, 0.1) is 16.8 Å². The summed E-state index contributed by atoms with van der Waals surface area (Å²) in [5.74, 6) is -1.11. The molecule has 0 N–H and O–H groups in total. The summed E-state index contributed by atoms with van der Waals surface area (Å²) >= 11 is 0. The molecule has 5 rings (SSSR count). The Bertz CT molecular complexity index is 1160. The zero-order valence-corrected chi connectivity index (χ0v) is 18.8. The molecule has 0 aliphatic carbocycles. The second-order valence-corrected chi connectivity index (χ2v) is 9.01. The van der Waals surface area contributed by atoms with Crippen LogP contribution in [-0.4, -0.2) is 74.0 Å². The zero-order valence-electron chi connectivity index (χ0n) is 18.8.